The second-order valence-corrected chi connectivity index (χ2v) is 3.43. The molecule has 11 heavy (non-hydrogen) atoms. The van der Waals surface area contributed by atoms with E-state index in [0.717, 1.165) is 11.1 Å². The predicted molar refractivity (Wildman–Crippen MR) is 50.7 cm³/mol. The van der Waals surface area contributed by atoms with E-state index in [1.165, 1.54) is 19.3 Å². The molecule has 0 spiro atoms. The first kappa shape index (κ1) is 10.6. The van der Waals surface area contributed by atoms with Gasteiger partial charge in [-0.05, 0) is 19.8 Å². The van der Waals surface area contributed by atoms with Crippen molar-refractivity contribution in [1.29, 1.82) is 0 Å². The molecule has 0 fully saturated rings. The van der Waals surface area contributed by atoms with Gasteiger partial charge in [-0.25, -0.2) is 4.59 Å². The molecule has 0 radical (unpaired) electrons. The summed E-state index contributed by atoms with van der Waals surface area (Å²) in [5.74, 6) is 0. The van der Waals surface area contributed by atoms with Gasteiger partial charge in [0.05, 0.1) is 20.3 Å². The standard InChI is InChI=1S/C9H21N2/c1-5-7-8-9-11(3,4)10-6-2/h6H,5,7-9H2,1-4H3/q+1/b10-6+. The lowest BCUT2D eigenvalue weighted by Crippen LogP contribution is -2.34. The topological polar surface area (TPSA) is 12.4 Å². The Bertz CT molecular complexity index is 117. The van der Waals surface area contributed by atoms with E-state index >= 15 is 0 Å². The molecule has 0 saturated carbocycles. The third kappa shape index (κ3) is 6.05. The molecule has 0 atom stereocenters. The van der Waals surface area contributed by atoms with Crippen LogP contribution in [-0.4, -0.2) is 31.4 Å². The van der Waals surface area contributed by atoms with E-state index in [1.807, 2.05) is 13.1 Å². The molecule has 0 amide bonds. The molecular weight excluding hydrogens is 136 g/mol. The van der Waals surface area contributed by atoms with Crippen molar-refractivity contribution in [3.63, 3.8) is 0 Å². The largest absolute Gasteiger partial charge is 0.203 e. The van der Waals surface area contributed by atoms with Crippen LogP contribution in [-0.2, 0) is 0 Å². The quantitative estimate of drug-likeness (QED) is 0.251. The van der Waals surface area contributed by atoms with E-state index in [9.17, 15) is 0 Å². The number of quaternary nitrogens is 1. The molecule has 0 rings (SSSR count). The molecule has 0 heterocycles. The highest BCUT2D eigenvalue weighted by Crippen LogP contribution is 2.03. The SMILES string of the molecule is C/C=N/[N+](C)(C)CCCCC. The van der Waals surface area contributed by atoms with E-state index in [4.69, 9.17) is 0 Å². The summed E-state index contributed by atoms with van der Waals surface area (Å²) in [7, 11) is 4.27. The van der Waals surface area contributed by atoms with E-state index in [1.54, 1.807) is 0 Å². The Morgan fingerprint density at radius 2 is 1.91 bits per heavy atom. The minimum Gasteiger partial charge on any atom is -0.203 e. The summed E-state index contributed by atoms with van der Waals surface area (Å²) < 4.78 is 0.774. The lowest BCUT2D eigenvalue weighted by Gasteiger charge is -2.21. The van der Waals surface area contributed by atoms with Crippen molar-refractivity contribution in [2.45, 2.75) is 33.1 Å². The van der Waals surface area contributed by atoms with E-state index in [-0.39, 0.29) is 0 Å². The normalized spacial score (nSPS) is 12.7. The zero-order valence-electron chi connectivity index (χ0n) is 8.30. The first-order valence-corrected chi connectivity index (χ1v) is 4.45. The molecule has 0 aliphatic rings. The van der Waals surface area contributed by atoms with Crippen molar-refractivity contribution in [2.24, 2.45) is 5.10 Å². The van der Waals surface area contributed by atoms with Crippen molar-refractivity contribution in [2.75, 3.05) is 20.6 Å². The summed E-state index contributed by atoms with van der Waals surface area (Å²) in [5.41, 5.74) is 0. The molecule has 0 aliphatic carbocycles. The molecule has 2 nitrogen and oxygen atoms in total. The van der Waals surface area contributed by atoms with E-state index in [0.29, 0.717) is 0 Å². The first-order chi connectivity index (χ1) is 5.12. The maximum atomic E-state index is 4.34. The van der Waals surface area contributed by atoms with Crippen LogP contribution in [0.4, 0.5) is 0 Å². The fourth-order valence-electron chi connectivity index (χ4n) is 1.12. The smallest absolute Gasteiger partial charge is 0.103 e. The summed E-state index contributed by atoms with van der Waals surface area (Å²) in [6.07, 6.45) is 5.77. The predicted octanol–water partition coefficient (Wildman–Crippen LogP) is 2.26. The molecule has 0 aliphatic heterocycles. The van der Waals surface area contributed by atoms with Crippen LogP contribution in [0.2, 0.25) is 0 Å². The fourth-order valence-corrected chi connectivity index (χ4v) is 1.12. The van der Waals surface area contributed by atoms with Gasteiger partial charge in [0.2, 0.25) is 0 Å². The Labute approximate surface area is 70.5 Å². The van der Waals surface area contributed by atoms with Gasteiger partial charge in [-0.2, -0.15) is 0 Å². The lowest BCUT2D eigenvalue weighted by atomic mass is 10.2. The summed E-state index contributed by atoms with van der Waals surface area (Å²) in [6.45, 7) is 5.35. The van der Waals surface area contributed by atoms with Crippen LogP contribution < -0.4 is 0 Å². The molecule has 0 aromatic rings. The van der Waals surface area contributed by atoms with Crippen LogP contribution in [0.5, 0.6) is 0 Å². The van der Waals surface area contributed by atoms with Crippen molar-refractivity contribution >= 4 is 6.21 Å². The van der Waals surface area contributed by atoms with Gasteiger partial charge in [0.25, 0.3) is 0 Å². The van der Waals surface area contributed by atoms with Gasteiger partial charge in [0.1, 0.15) is 6.54 Å². The van der Waals surface area contributed by atoms with E-state index < -0.39 is 0 Å². The average Bonchev–Trinajstić information content (AvgIpc) is 1.87. The highest BCUT2D eigenvalue weighted by Gasteiger charge is 2.10. The Morgan fingerprint density at radius 1 is 1.27 bits per heavy atom. The van der Waals surface area contributed by atoms with Crippen LogP contribution in [0.1, 0.15) is 33.1 Å². The second kappa shape index (κ2) is 5.30. The average molecular weight is 157 g/mol. The van der Waals surface area contributed by atoms with Gasteiger partial charge in [-0.1, -0.05) is 18.4 Å². The molecule has 0 bridgehead atoms. The highest BCUT2D eigenvalue weighted by atomic mass is 15.6. The highest BCUT2D eigenvalue weighted by molar-refractivity contribution is 5.52. The van der Waals surface area contributed by atoms with Crippen molar-refractivity contribution in [3.8, 4) is 0 Å². The number of hydrogen-bond acceptors (Lipinski definition) is 1. The van der Waals surface area contributed by atoms with Crippen molar-refractivity contribution < 1.29 is 4.59 Å². The maximum absolute atomic E-state index is 4.34. The molecular formula is C9H21N2+. The van der Waals surface area contributed by atoms with Gasteiger partial charge in [0.15, 0.2) is 0 Å². The maximum Gasteiger partial charge on any atom is 0.103 e. The molecule has 0 N–H and O–H groups in total. The first-order valence-electron chi connectivity index (χ1n) is 4.45. The lowest BCUT2D eigenvalue weighted by molar-refractivity contribution is -0.896. The van der Waals surface area contributed by atoms with Gasteiger partial charge in [0, 0.05) is 0 Å². The van der Waals surface area contributed by atoms with Crippen LogP contribution in [0.25, 0.3) is 0 Å². The molecule has 0 aromatic carbocycles. The number of unbranched alkanes of at least 4 members (excludes halogenated alkanes) is 2. The Balaban J connectivity index is 3.55. The summed E-state index contributed by atoms with van der Waals surface area (Å²) in [6, 6.07) is 0. The van der Waals surface area contributed by atoms with Crippen molar-refractivity contribution in [3.05, 3.63) is 0 Å². The summed E-state index contributed by atoms with van der Waals surface area (Å²) in [4.78, 5) is 0. The van der Waals surface area contributed by atoms with Gasteiger partial charge < -0.3 is 0 Å². The number of nitrogens with zero attached hydrogens (tertiary/aromatic N) is 2. The van der Waals surface area contributed by atoms with Crippen LogP contribution in [0, 0.1) is 0 Å². The summed E-state index contributed by atoms with van der Waals surface area (Å²) in [5, 5.41) is 4.34. The molecule has 66 valence electrons. The van der Waals surface area contributed by atoms with Crippen LogP contribution in [0.3, 0.4) is 0 Å². The monoisotopic (exact) mass is 157 g/mol. The fraction of sp³-hybridized carbons (Fsp3) is 0.889. The van der Waals surface area contributed by atoms with Gasteiger partial charge >= 0.3 is 0 Å². The van der Waals surface area contributed by atoms with E-state index in [2.05, 4.69) is 26.1 Å². The Morgan fingerprint density at radius 3 is 2.36 bits per heavy atom. The molecule has 0 aromatic heterocycles. The van der Waals surface area contributed by atoms with Gasteiger partial charge in [-0.3, -0.25) is 0 Å². The Kier molecular flexibility index (Phi) is 5.12. The zero-order valence-corrected chi connectivity index (χ0v) is 8.30. The summed E-state index contributed by atoms with van der Waals surface area (Å²) >= 11 is 0. The van der Waals surface area contributed by atoms with Crippen molar-refractivity contribution in [1.82, 2.24) is 0 Å². The van der Waals surface area contributed by atoms with Crippen LogP contribution in [0.15, 0.2) is 5.10 Å². The number of rotatable bonds is 5. The van der Waals surface area contributed by atoms with Gasteiger partial charge in [-0.15, -0.1) is 0 Å². The molecule has 0 unspecified atom stereocenters. The zero-order chi connectivity index (χ0) is 8.74. The minimum atomic E-state index is 0.774. The third-order valence-electron chi connectivity index (χ3n) is 1.74. The number of hydrogen-bond donors (Lipinski definition) is 0. The molecule has 0 saturated heterocycles. The minimum absolute atomic E-state index is 0.774. The van der Waals surface area contributed by atoms with Crippen LogP contribution >= 0.6 is 0 Å². The third-order valence-corrected chi connectivity index (χ3v) is 1.74. The second-order valence-electron chi connectivity index (χ2n) is 3.43. The Hall–Kier alpha value is -0.370. The molecule has 2 heteroatoms.